The van der Waals surface area contributed by atoms with Crippen molar-refractivity contribution < 1.29 is 18.3 Å². The van der Waals surface area contributed by atoms with Gasteiger partial charge in [-0.2, -0.15) is 0 Å². The Balaban J connectivity index is 1.61. The number of imidazole rings is 1. The Labute approximate surface area is 182 Å². The summed E-state index contributed by atoms with van der Waals surface area (Å²) in [6, 6.07) is 10.3. The van der Waals surface area contributed by atoms with Crippen LogP contribution in [0.15, 0.2) is 70.4 Å². The van der Waals surface area contributed by atoms with Gasteiger partial charge >= 0.3 is 0 Å². The first-order valence-corrected chi connectivity index (χ1v) is 10.2. The van der Waals surface area contributed by atoms with Gasteiger partial charge in [0, 0.05) is 25.5 Å². The zero-order valence-corrected chi connectivity index (χ0v) is 17.3. The van der Waals surface area contributed by atoms with Crippen LogP contribution in [0.2, 0.25) is 0 Å². The molecule has 1 unspecified atom stereocenters. The minimum atomic E-state index is -0.653. The molecule has 5 rings (SSSR count). The lowest BCUT2D eigenvalue weighted by Gasteiger charge is -2.25. The summed E-state index contributed by atoms with van der Waals surface area (Å²) in [4.78, 5) is 32.4. The number of rotatable bonds is 6. The van der Waals surface area contributed by atoms with E-state index in [1.54, 1.807) is 36.7 Å². The molecule has 162 valence electrons. The SMILES string of the molecule is COc1cccc(C2c3c(oc4ccc(F)cc4c3=O)C(=O)N2CCCn2ccnc2)c1. The van der Waals surface area contributed by atoms with E-state index in [0.29, 0.717) is 25.3 Å². The molecule has 0 spiro atoms. The lowest BCUT2D eigenvalue weighted by atomic mass is 9.98. The molecular weight excluding hydrogens is 413 g/mol. The van der Waals surface area contributed by atoms with E-state index in [4.69, 9.17) is 9.15 Å². The van der Waals surface area contributed by atoms with Crippen LogP contribution in [-0.2, 0) is 6.54 Å². The highest BCUT2D eigenvalue weighted by Crippen LogP contribution is 2.39. The minimum Gasteiger partial charge on any atom is -0.497 e. The molecule has 0 saturated carbocycles. The minimum absolute atomic E-state index is 0.00422. The van der Waals surface area contributed by atoms with Crippen molar-refractivity contribution >= 4 is 16.9 Å². The highest BCUT2D eigenvalue weighted by Gasteiger charge is 2.42. The number of methoxy groups -OCH3 is 1. The van der Waals surface area contributed by atoms with Crippen molar-refractivity contribution in [2.45, 2.75) is 19.0 Å². The molecule has 0 fully saturated rings. The maximum absolute atomic E-state index is 13.9. The van der Waals surface area contributed by atoms with Crippen LogP contribution in [0.3, 0.4) is 0 Å². The predicted octanol–water partition coefficient (Wildman–Crippen LogP) is 3.77. The quantitative estimate of drug-likeness (QED) is 0.463. The molecule has 3 heterocycles. The number of carbonyl (C=O) groups excluding carboxylic acids is 1. The van der Waals surface area contributed by atoms with E-state index < -0.39 is 17.3 Å². The van der Waals surface area contributed by atoms with Gasteiger partial charge in [0.15, 0.2) is 5.43 Å². The van der Waals surface area contributed by atoms with Gasteiger partial charge in [0.25, 0.3) is 5.91 Å². The molecule has 0 N–H and O–H groups in total. The molecule has 2 aromatic heterocycles. The van der Waals surface area contributed by atoms with E-state index >= 15 is 0 Å². The number of fused-ring (bicyclic) bond motifs is 2. The van der Waals surface area contributed by atoms with Gasteiger partial charge in [-0.3, -0.25) is 9.59 Å². The van der Waals surface area contributed by atoms with Crippen molar-refractivity contribution in [2.75, 3.05) is 13.7 Å². The fourth-order valence-corrected chi connectivity index (χ4v) is 4.22. The number of aryl methyl sites for hydroxylation is 1. The molecular formula is C24H20FN3O4. The third-order valence-corrected chi connectivity index (χ3v) is 5.71. The number of nitrogens with zero attached hydrogens (tertiary/aromatic N) is 3. The summed E-state index contributed by atoms with van der Waals surface area (Å²) in [5, 5.41) is 0.115. The molecule has 1 aliphatic rings. The predicted molar refractivity (Wildman–Crippen MR) is 115 cm³/mol. The summed E-state index contributed by atoms with van der Waals surface area (Å²) in [5.74, 6) is -0.284. The average molecular weight is 433 g/mol. The van der Waals surface area contributed by atoms with Gasteiger partial charge in [0.2, 0.25) is 5.76 Å². The topological polar surface area (TPSA) is 77.6 Å². The molecule has 7 nitrogen and oxygen atoms in total. The van der Waals surface area contributed by atoms with Crippen LogP contribution < -0.4 is 10.2 Å². The smallest absolute Gasteiger partial charge is 0.290 e. The molecule has 2 aromatic carbocycles. The molecule has 32 heavy (non-hydrogen) atoms. The average Bonchev–Trinajstić information content (AvgIpc) is 3.42. The Kier molecular flexibility index (Phi) is 4.97. The number of hydrogen-bond donors (Lipinski definition) is 0. The van der Waals surface area contributed by atoms with Crippen LogP contribution in [-0.4, -0.2) is 34.0 Å². The van der Waals surface area contributed by atoms with Gasteiger partial charge in [0.05, 0.1) is 30.4 Å². The summed E-state index contributed by atoms with van der Waals surface area (Å²) in [6.07, 6.45) is 5.92. The number of amides is 1. The van der Waals surface area contributed by atoms with E-state index in [-0.39, 0.29) is 28.2 Å². The maximum atomic E-state index is 13.9. The van der Waals surface area contributed by atoms with Crippen LogP contribution in [0, 0.1) is 5.82 Å². The molecule has 4 aromatic rings. The summed E-state index contributed by atoms with van der Waals surface area (Å²) in [5.41, 5.74) is 0.735. The normalized spacial score (nSPS) is 15.4. The highest BCUT2D eigenvalue weighted by molar-refractivity contribution is 5.99. The second-order valence-corrected chi connectivity index (χ2v) is 7.65. The van der Waals surface area contributed by atoms with Gasteiger partial charge in [-0.25, -0.2) is 9.37 Å². The van der Waals surface area contributed by atoms with Crippen LogP contribution in [0.25, 0.3) is 11.0 Å². The Hall–Kier alpha value is -3.94. The first-order chi connectivity index (χ1) is 15.6. The second kappa shape index (κ2) is 7.96. The maximum Gasteiger partial charge on any atom is 0.290 e. The molecule has 0 saturated heterocycles. The second-order valence-electron chi connectivity index (χ2n) is 7.65. The van der Waals surface area contributed by atoms with E-state index in [0.717, 1.165) is 11.6 Å². The standard InChI is InChI=1S/C24H20FN3O4/c1-31-17-5-2-4-15(12-17)21-20-22(29)18-13-16(25)6-7-19(18)32-23(20)24(30)28(21)10-3-9-27-11-8-26-14-27/h2,4-8,11-14,21H,3,9-10H2,1H3. The lowest BCUT2D eigenvalue weighted by molar-refractivity contribution is 0.0723. The lowest BCUT2D eigenvalue weighted by Crippen LogP contribution is -2.31. The Morgan fingerprint density at radius 2 is 2.03 bits per heavy atom. The Bertz CT molecular complexity index is 1360. The number of aromatic nitrogens is 2. The van der Waals surface area contributed by atoms with Gasteiger partial charge in [-0.15, -0.1) is 0 Å². The molecule has 0 bridgehead atoms. The zero-order chi connectivity index (χ0) is 22.2. The number of ether oxygens (including phenoxy) is 1. The Morgan fingerprint density at radius 1 is 1.16 bits per heavy atom. The van der Waals surface area contributed by atoms with E-state index in [9.17, 15) is 14.0 Å². The zero-order valence-electron chi connectivity index (χ0n) is 17.3. The van der Waals surface area contributed by atoms with Crippen molar-refractivity contribution in [1.82, 2.24) is 14.5 Å². The van der Waals surface area contributed by atoms with Crippen molar-refractivity contribution in [3.8, 4) is 5.75 Å². The van der Waals surface area contributed by atoms with E-state index in [1.807, 2.05) is 22.9 Å². The molecule has 1 atom stereocenters. The fraction of sp³-hybridized carbons (Fsp3) is 0.208. The summed E-state index contributed by atoms with van der Waals surface area (Å²) < 4.78 is 27.0. The van der Waals surface area contributed by atoms with Crippen molar-refractivity contribution in [1.29, 1.82) is 0 Å². The van der Waals surface area contributed by atoms with Crippen molar-refractivity contribution in [2.24, 2.45) is 0 Å². The molecule has 1 amide bonds. The largest absolute Gasteiger partial charge is 0.497 e. The first-order valence-electron chi connectivity index (χ1n) is 10.2. The first kappa shape index (κ1) is 20.0. The van der Waals surface area contributed by atoms with Gasteiger partial charge in [-0.1, -0.05) is 12.1 Å². The van der Waals surface area contributed by atoms with Gasteiger partial charge in [-0.05, 0) is 42.3 Å². The molecule has 0 radical (unpaired) electrons. The molecule has 0 aliphatic carbocycles. The fourth-order valence-electron chi connectivity index (χ4n) is 4.22. The van der Waals surface area contributed by atoms with Crippen LogP contribution in [0.4, 0.5) is 4.39 Å². The number of halogens is 1. The third-order valence-electron chi connectivity index (χ3n) is 5.71. The van der Waals surface area contributed by atoms with Crippen molar-refractivity contribution in [3.63, 3.8) is 0 Å². The number of hydrogen-bond acceptors (Lipinski definition) is 5. The number of benzene rings is 2. The van der Waals surface area contributed by atoms with Crippen LogP contribution >= 0.6 is 0 Å². The number of carbonyl (C=O) groups is 1. The summed E-state index contributed by atoms with van der Waals surface area (Å²) in [7, 11) is 1.56. The monoisotopic (exact) mass is 433 g/mol. The molecule has 1 aliphatic heterocycles. The van der Waals surface area contributed by atoms with E-state index in [2.05, 4.69) is 4.98 Å². The van der Waals surface area contributed by atoms with Gasteiger partial charge in [0.1, 0.15) is 17.1 Å². The van der Waals surface area contributed by atoms with Gasteiger partial charge < -0.3 is 18.6 Å². The van der Waals surface area contributed by atoms with Crippen molar-refractivity contribution in [3.05, 3.63) is 94.1 Å². The summed E-state index contributed by atoms with van der Waals surface area (Å²) >= 11 is 0. The summed E-state index contributed by atoms with van der Waals surface area (Å²) in [6.45, 7) is 1.06. The van der Waals surface area contributed by atoms with Crippen LogP contribution in [0.1, 0.15) is 34.1 Å². The Morgan fingerprint density at radius 3 is 2.81 bits per heavy atom. The highest BCUT2D eigenvalue weighted by atomic mass is 19.1. The van der Waals surface area contributed by atoms with E-state index in [1.165, 1.54) is 12.1 Å². The third kappa shape index (κ3) is 3.33. The van der Waals surface area contributed by atoms with Crippen LogP contribution in [0.5, 0.6) is 5.75 Å². The molecule has 8 heteroatoms.